The van der Waals surface area contributed by atoms with E-state index in [0.717, 1.165) is 42.6 Å². The Morgan fingerprint density at radius 3 is 3.00 bits per heavy atom. The van der Waals surface area contributed by atoms with Crippen LogP contribution in [-0.2, 0) is 31.8 Å². The van der Waals surface area contributed by atoms with Gasteiger partial charge in [-0.15, -0.1) is 6.58 Å². The van der Waals surface area contributed by atoms with Gasteiger partial charge in [0.2, 0.25) is 0 Å². The molecule has 6 nitrogen and oxygen atoms in total. The van der Waals surface area contributed by atoms with E-state index in [9.17, 15) is 4.79 Å². The zero-order chi connectivity index (χ0) is 19.1. The lowest BCUT2D eigenvalue weighted by atomic mass is 10.1. The van der Waals surface area contributed by atoms with Gasteiger partial charge in [-0.2, -0.15) is 0 Å². The second-order valence-electron chi connectivity index (χ2n) is 6.41. The van der Waals surface area contributed by atoms with Gasteiger partial charge >= 0.3 is 5.97 Å². The Hall–Kier alpha value is -2.31. The normalized spacial score (nSPS) is 17.0. The summed E-state index contributed by atoms with van der Waals surface area (Å²) in [6.07, 6.45) is 6.19. The molecule has 2 aromatic rings. The average molecular weight is 374 g/mol. The summed E-state index contributed by atoms with van der Waals surface area (Å²) in [4.78, 5) is 11.4. The number of rotatable bonds is 9. The number of hydrogen-bond donors (Lipinski definition) is 0. The van der Waals surface area contributed by atoms with Crippen LogP contribution in [0.3, 0.4) is 0 Å². The van der Waals surface area contributed by atoms with Crippen molar-refractivity contribution >= 4 is 16.9 Å². The molecular weight excluding hydrogens is 348 g/mol. The molecule has 0 spiro atoms. The third-order valence-corrected chi connectivity index (χ3v) is 4.56. The van der Waals surface area contributed by atoms with Crippen LogP contribution in [-0.4, -0.2) is 39.2 Å². The SMILES string of the molecule is C=CCc1oc2c(OCC(=O)OC)cccc2c1CCOC1CCCCO1. The number of ether oxygens (including phenoxy) is 4. The maximum atomic E-state index is 11.4. The smallest absolute Gasteiger partial charge is 0.343 e. The van der Waals surface area contributed by atoms with Crippen molar-refractivity contribution in [2.24, 2.45) is 0 Å². The fourth-order valence-electron chi connectivity index (χ4n) is 3.21. The topological polar surface area (TPSA) is 67.1 Å². The summed E-state index contributed by atoms with van der Waals surface area (Å²) in [5, 5.41) is 0.961. The lowest BCUT2D eigenvalue weighted by molar-refractivity contribution is -0.161. The zero-order valence-electron chi connectivity index (χ0n) is 15.7. The number of hydrogen-bond acceptors (Lipinski definition) is 6. The van der Waals surface area contributed by atoms with Gasteiger partial charge < -0.3 is 23.4 Å². The van der Waals surface area contributed by atoms with Crippen LogP contribution in [0.2, 0.25) is 0 Å². The summed E-state index contributed by atoms with van der Waals surface area (Å²) < 4.78 is 27.7. The highest BCUT2D eigenvalue weighted by Gasteiger charge is 2.19. The molecule has 1 aromatic carbocycles. The van der Waals surface area contributed by atoms with Crippen molar-refractivity contribution in [2.75, 3.05) is 26.9 Å². The Kier molecular flexibility index (Phi) is 6.90. The zero-order valence-corrected chi connectivity index (χ0v) is 15.7. The van der Waals surface area contributed by atoms with Crippen molar-refractivity contribution in [3.63, 3.8) is 0 Å². The van der Waals surface area contributed by atoms with Crippen LogP contribution in [0, 0.1) is 0 Å². The highest BCUT2D eigenvalue weighted by Crippen LogP contribution is 2.34. The van der Waals surface area contributed by atoms with Gasteiger partial charge in [-0.3, -0.25) is 0 Å². The highest BCUT2D eigenvalue weighted by molar-refractivity contribution is 5.87. The van der Waals surface area contributed by atoms with Gasteiger partial charge in [0, 0.05) is 24.0 Å². The summed E-state index contributed by atoms with van der Waals surface area (Å²) >= 11 is 0. The molecule has 1 unspecified atom stereocenters. The van der Waals surface area contributed by atoms with Gasteiger partial charge in [0.15, 0.2) is 24.2 Å². The lowest BCUT2D eigenvalue weighted by Crippen LogP contribution is -2.23. The number of carbonyl (C=O) groups excluding carboxylic acids is 1. The molecule has 27 heavy (non-hydrogen) atoms. The van der Waals surface area contributed by atoms with Crippen LogP contribution in [0.25, 0.3) is 11.0 Å². The first-order chi connectivity index (χ1) is 13.2. The van der Waals surface area contributed by atoms with Crippen LogP contribution in [0.15, 0.2) is 35.3 Å². The first kappa shape index (κ1) is 19.5. The molecule has 0 saturated carbocycles. The molecule has 0 N–H and O–H groups in total. The fourth-order valence-corrected chi connectivity index (χ4v) is 3.21. The molecule has 2 heterocycles. The number of methoxy groups -OCH3 is 1. The Labute approximate surface area is 159 Å². The molecule has 0 amide bonds. The number of furan rings is 1. The predicted octanol–water partition coefficient (Wildman–Crippen LogP) is 3.80. The minimum atomic E-state index is -0.439. The number of fused-ring (bicyclic) bond motifs is 1. The summed E-state index contributed by atoms with van der Waals surface area (Å²) in [5.41, 5.74) is 1.70. The molecule has 0 radical (unpaired) electrons. The summed E-state index contributed by atoms with van der Waals surface area (Å²) in [6, 6.07) is 5.65. The van der Waals surface area contributed by atoms with E-state index in [1.807, 2.05) is 12.1 Å². The Bertz CT molecular complexity index is 772. The van der Waals surface area contributed by atoms with Crippen molar-refractivity contribution in [3.05, 3.63) is 42.2 Å². The van der Waals surface area contributed by atoms with Crippen LogP contribution in [0.5, 0.6) is 5.75 Å². The predicted molar refractivity (Wildman–Crippen MR) is 101 cm³/mol. The molecule has 1 aromatic heterocycles. The molecule has 3 rings (SSSR count). The van der Waals surface area contributed by atoms with Gasteiger partial charge in [-0.1, -0.05) is 18.2 Å². The van der Waals surface area contributed by atoms with Crippen molar-refractivity contribution < 1.29 is 28.2 Å². The van der Waals surface area contributed by atoms with E-state index in [0.29, 0.717) is 30.8 Å². The number of para-hydroxylation sites is 1. The fraction of sp³-hybridized carbons (Fsp3) is 0.476. The third kappa shape index (κ3) is 4.90. The Morgan fingerprint density at radius 2 is 2.26 bits per heavy atom. The van der Waals surface area contributed by atoms with Crippen molar-refractivity contribution in [1.82, 2.24) is 0 Å². The first-order valence-corrected chi connectivity index (χ1v) is 9.30. The second kappa shape index (κ2) is 9.58. The van der Waals surface area contributed by atoms with Crippen molar-refractivity contribution in [3.8, 4) is 5.75 Å². The van der Waals surface area contributed by atoms with E-state index in [1.54, 1.807) is 12.1 Å². The monoisotopic (exact) mass is 374 g/mol. The number of carbonyl (C=O) groups is 1. The average Bonchev–Trinajstić information content (AvgIpc) is 3.05. The van der Waals surface area contributed by atoms with Gasteiger partial charge in [-0.05, 0) is 31.7 Å². The number of benzene rings is 1. The van der Waals surface area contributed by atoms with Crippen molar-refractivity contribution in [1.29, 1.82) is 0 Å². The van der Waals surface area contributed by atoms with Crippen molar-refractivity contribution in [2.45, 2.75) is 38.4 Å². The molecule has 1 saturated heterocycles. The van der Waals surface area contributed by atoms with E-state index in [2.05, 4.69) is 11.3 Å². The number of allylic oxidation sites excluding steroid dienone is 1. The largest absolute Gasteiger partial charge is 0.478 e. The highest BCUT2D eigenvalue weighted by atomic mass is 16.7. The van der Waals surface area contributed by atoms with E-state index in [4.69, 9.17) is 18.6 Å². The van der Waals surface area contributed by atoms with Gasteiger partial charge in [0.1, 0.15) is 5.76 Å². The van der Waals surface area contributed by atoms with Crippen LogP contribution in [0.1, 0.15) is 30.6 Å². The molecule has 1 aliphatic rings. The maximum Gasteiger partial charge on any atom is 0.343 e. The molecule has 6 heteroatoms. The quantitative estimate of drug-likeness (QED) is 0.491. The number of esters is 1. The van der Waals surface area contributed by atoms with Gasteiger partial charge in [0.25, 0.3) is 0 Å². The first-order valence-electron chi connectivity index (χ1n) is 9.30. The lowest BCUT2D eigenvalue weighted by Gasteiger charge is -2.22. The summed E-state index contributed by atoms with van der Waals surface area (Å²) in [5.74, 6) is 0.916. The van der Waals surface area contributed by atoms with E-state index >= 15 is 0 Å². The molecule has 1 aliphatic heterocycles. The van der Waals surface area contributed by atoms with E-state index in [1.165, 1.54) is 7.11 Å². The van der Waals surface area contributed by atoms with Crippen LogP contribution < -0.4 is 4.74 Å². The standard InChI is InChI=1S/C21H26O6/c1-3-7-17-15(11-13-25-20-10-4-5-12-24-20)16-8-6-9-18(21(16)27-17)26-14-19(22)23-2/h3,6,8-9,20H,1,4-5,7,10-14H2,2H3. The third-order valence-electron chi connectivity index (χ3n) is 4.56. The molecule has 1 atom stereocenters. The molecule has 0 bridgehead atoms. The molecular formula is C21H26O6. The Balaban J connectivity index is 1.76. The van der Waals surface area contributed by atoms with Gasteiger partial charge in [-0.25, -0.2) is 4.79 Å². The van der Waals surface area contributed by atoms with Gasteiger partial charge in [0.05, 0.1) is 13.7 Å². The molecule has 146 valence electrons. The van der Waals surface area contributed by atoms with Crippen LogP contribution >= 0.6 is 0 Å². The minimum Gasteiger partial charge on any atom is -0.478 e. The summed E-state index contributed by atoms with van der Waals surface area (Å²) in [7, 11) is 1.33. The molecule has 0 aliphatic carbocycles. The second-order valence-corrected chi connectivity index (χ2v) is 6.41. The minimum absolute atomic E-state index is 0.112. The molecule has 1 fully saturated rings. The maximum absolute atomic E-state index is 11.4. The van der Waals surface area contributed by atoms with Crippen LogP contribution in [0.4, 0.5) is 0 Å². The van der Waals surface area contributed by atoms with E-state index < -0.39 is 5.97 Å². The van der Waals surface area contributed by atoms with E-state index in [-0.39, 0.29) is 12.9 Å². The Morgan fingerprint density at radius 1 is 1.37 bits per heavy atom. The summed E-state index contributed by atoms with van der Waals surface area (Å²) in [6.45, 7) is 4.97.